The lowest BCUT2D eigenvalue weighted by molar-refractivity contribution is 1.04. The number of rotatable bonds is 0. The highest BCUT2D eigenvalue weighted by Gasteiger charge is 1.97. The molecular formula is C5H5ClN2OS. The Hall–Kier alpha value is -0.610. The van der Waals surface area contributed by atoms with Gasteiger partial charge in [-0.1, -0.05) is 11.6 Å². The monoisotopic (exact) mass is 176 g/mol. The zero-order chi connectivity index (χ0) is 7.72. The Morgan fingerprint density at radius 3 is 2.60 bits per heavy atom. The molecule has 0 aliphatic rings. The molecule has 0 aromatic carbocycles. The van der Waals surface area contributed by atoms with E-state index in [9.17, 15) is 4.79 Å². The molecule has 0 aliphatic heterocycles. The van der Waals surface area contributed by atoms with Crippen molar-refractivity contribution in [3.8, 4) is 0 Å². The summed E-state index contributed by atoms with van der Waals surface area (Å²) < 4.78 is 0.298. The second-order valence-corrected chi connectivity index (χ2v) is 2.63. The molecule has 0 saturated heterocycles. The fraction of sp³-hybridized carbons (Fsp3) is 0.200. The van der Waals surface area contributed by atoms with E-state index in [4.69, 9.17) is 11.6 Å². The first-order valence-electron chi connectivity index (χ1n) is 2.60. The molecular weight excluding hydrogens is 172 g/mol. The van der Waals surface area contributed by atoms with Gasteiger partial charge in [-0.2, -0.15) is 0 Å². The van der Waals surface area contributed by atoms with Crippen LogP contribution in [0.25, 0.3) is 0 Å². The first kappa shape index (κ1) is 7.50. The van der Waals surface area contributed by atoms with Gasteiger partial charge in [-0.05, 0) is 19.1 Å². The molecule has 5 heteroatoms. The molecule has 1 aromatic heterocycles. The van der Waals surface area contributed by atoms with Gasteiger partial charge in [0.1, 0.15) is 5.02 Å². The molecule has 0 spiro atoms. The quantitative estimate of drug-likeness (QED) is 0.587. The highest BCUT2D eigenvalue weighted by Crippen LogP contribution is 2.02. The minimum absolute atomic E-state index is 0.161. The van der Waals surface area contributed by atoms with E-state index in [1.165, 1.54) is 0 Å². The maximum atomic E-state index is 10.8. The molecule has 1 rings (SSSR count). The third kappa shape index (κ3) is 1.27. The Morgan fingerprint density at radius 1 is 1.50 bits per heavy atom. The summed E-state index contributed by atoms with van der Waals surface area (Å²) in [4.78, 5) is 15.8. The van der Waals surface area contributed by atoms with Crippen LogP contribution in [0.4, 0.5) is 0 Å². The van der Waals surface area contributed by atoms with Crippen LogP contribution in [0.1, 0.15) is 5.69 Å². The second-order valence-electron chi connectivity index (χ2n) is 1.85. The number of nitrogens with one attached hydrogen (secondary N) is 2. The Bertz CT molecular complexity index is 353. The van der Waals surface area contributed by atoms with Crippen molar-refractivity contribution in [2.45, 2.75) is 6.92 Å². The molecule has 0 unspecified atom stereocenters. The minimum atomic E-state index is -0.345. The van der Waals surface area contributed by atoms with Crippen molar-refractivity contribution in [3.05, 3.63) is 25.8 Å². The number of aryl methyl sites for hydroxylation is 1. The van der Waals surface area contributed by atoms with Gasteiger partial charge < -0.3 is 4.98 Å². The van der Waals surface area contributed by atoms with Crippen LogP contribution in [0.3, 0.4) is 0 Å². The maximum absolute atomic E-state index is 10.8. The minimum Gasteiger partial charge on any atom is -0.335 e. The van der Waals surface area contributed by atoms with Crippen molar-refractivity contribution >= 4 is 23.8 Å². The van der Waals surface area contributed by atoms with E-state index < -0.39 is 0 Å². The fourth-order valence-corrected chi connectivity index (χ4v) is 0.925. The van der Waals surface area contributed by atoms with Crippen LogP contribution in [-0.4, -0.2) is 9.97 Å². The van der Waals surface area contributed by atoms with Gasteiger partial charge in [0.2, 0.25) is 0 Å². The smallest absolute Gasteiger partial charge is 0.270 e. The highest BCUT2D eigenvalue weighted by molar-refractivity contribution is 7.71. The summed E-state index contributed by atoms with van der Waals surface area (Å²) in [6, 6.07) is 0. The average Bonchev–Trinajstić information content (AvgIpc) is 1.82. The second kappa shape index (κ2) is 2.56. The number of hydrogen-bond donors (Lipinski definition) is 2. The predicted octanol–water partition coefficient (Wildman–Crippen LogP) is 1.39. The van der Waals surface area contributed by atoms with Crippen LogP contribution in [0.15, 0.2) is 4.79 Å². The van der Waals surface area contributed by atoms with Crippen molar-refractivity contribution in [2.24, 2.45) is 0 Å². The van der Waals surface area contributed by atoms with Crippen LogP contribution in [0.5, 0.6) is 0 Å². The predicted molar refractivity (Wildman–Crippen MR) is 42.0 cm³/mol. The molecule has 54 valence electrons. The maximum Gasteiger partial charge on any atom is 0.270 e. The molecule has 3 nitrogen and oxygen atoms in total. The molecule has 1 heterocycles. The van der Waals surface area contributed by atoms with Gasteiger partial charge >= 0.3 is 0 Å². The molecule has 0 amide bonds. The average molecular weight is 177 g/mol. The molecule has 0 radical (unpaired) electrons. The van der Waals surface area contributed by atoms with Gasteiger partial charge in [0.05, 0.1) is 0 Å². The van der Waals surface area contributed by atoms with Crippen LogP contribution < -0.4 is 5.56 Å². The van der Waals surface area contributed by atoms with E-state index >= 15 is 0 Å². The number of aromatic amines is 2. The van der Waals surface area contributed by atoms with Crippen LogP contribution in [-0.2, 0) is 0 Å². The Balaban J connectivity index is 3.62. The van der Waals surface area contributed by atoms with E-state index in [-0.39, 0.29) is 10.6 Å². The third-order valence-electron chi connectivity index (χ3n) is 1.06. The molecule has 0 saturated carbocycles. The van der Waals surface area contributed by atoms with Gasteiger partial charge in [0.25, 0.3) is 5.56 Å². The van der Waals surface area contributed by atoms with Gasteiger partial charge in [-0.25, -0.2) is 0 Å². The van der Waals surface area contributed by atoms with Crippen molar-refractivity contribution < 1.29 is 0 Å². The van der Waals surface area contributed by atoms with Gasteiger partial charge in [0.15, 0.2) is 4.77 Å². The summed E-state index contributed by atoms with van der Waals surface area (Å²) in [6.45, 7) is 1.69. The lowest BCUT2D eigenvalue weighted by atomic mass is 10.4. The summed E-state index contributed by atoms with van der Waals surface area (Å²) in [5.74, 6) is 0. The lowest BCUT2D eigenvalue weighted by Crippen LogP contribution is -2.09. The first-order chi connectivity index (χ1) is 4.61. The molecule has 0 fully saturated rings. The zero-order valence-electron chi connectivity index (χ0n) is 5.19. The number of H-pyrrole nitrogens is 2. The Morgan fingerprint density at radius 2 is 2.10 bits per heavy atom. The van der Waals surface area contributed by atoms with Crippen LogP contribution in [0, 0.1) is 11.7 Å². The normalized spacial score (nSPS) is 9.80. The summed E-state index contributed by atoms with van der Waals surface area (Å²) >= 11 is 10.2. The number of hydrogen-bond acceptors (Lipinski definition) is 2. The molecule has 1 aromatic rings. The summed E-state index contributed by atoms with van der Waals surface area (Å²) in [6.07, 6.45) is 0. The standard InChI is InChI=1S/C5H5ClN2OS/c1-2-3(6)4(9)8-5(10)7-2/h1H3,(H2,7,8,9,10). The fourth-order valence-electron chi connectivity index (χ4n) is 0.585. The summed E-state index contributed by atoms with van der Waals surface area (Å²) in [5.41, 5.74) is 0.248. The van der Waals surface area contributed by atoms with Crippen molar-refractivity contribution in [2.75, 3.05) is 0 Å². The lowest BCUT2D eigenvalue weighted by Gasteiger charge is -1.93. The van der Waals surface area contributed by atoms with Crippen LogP contribution in [0.2, 0.25) is 5.02 Å². The van der Waals surface area contributed by atoms with E-state index in [1.807, 2.05) is 0 Å². The number of halogens is 1. The first-order valence-corrected chi connectivity index (χ1v) is 3.38. The summed E-state index contributed by atoms with van der Waals surface area (Å²) in [7, 11) is 0. The Labute approximate surface area is 67.1 Å². The van der Waals surface area contributed by atoms with Crippen molar-refractivity contribution in [1.29, 1.82) is 0 Å². The van der Waals surface area contributed by atoms with E-state index in [2.05, 4.69) is 22.2 Å². The van der Waals surface area contributed by atoms with E-state index in [0.717, 1.165) is 0 Å². The SMILES string of the molecule is Cc1[nH]c(=S)[nH]c(=O)c1Cl. The molecule has 0 aliphatic carbocycles. The summed E-state index contributed by atoms with van der Waals surface area (Å²) in [5, 5.41) is 0.161. The van der Waals surface area contributed by atoms with Gasteiger partial charge in [-0.3, -0.25) is 9.78 Å². The van der Waals surface area contributed by atoms with E-state index in [0.29, 0.717) is 10.5 Å². The third-order valence-corrected chi connectivity index (χ3v) is 1.72. The molecule has 0 atom stereocenters. The zero-order valence-corrected chi connectivity index (χ0v) is 6.77. The van der Waals surface area contributed by atoms with Gasteiger partial charge in [0, 0.05) is 5.69 Å². The van der Waals surface area contributed by atoms with Crippen molar-refractivity contribution in [1.82, 2.24) is 9.97 Å². The van der Waals surface area contributed by atoms with E-state index in [1.54, 1.807) is 6.92 Å². The number of aromatic nitrogens is 2. The molecule has 10 heavy (non-hydrogen) atoms. The van der Waals surface area contributed by atoms with Crippen LogP contribution >= 0.6 is 23.8 Å². The molecule has 0 bridgehead atoms. The van der Waals surface area contributed by atoms with Crippen molar-refractivity contribution in [3.63, 3.8) is 0 Å². The Kier molecular flexibility index (Phi) is 1.92. The van der Waals surface area contributed by atoms with Gasteiger partial charge in [-0.15, -0.1) is 0 Å². The highest BCUT2D eigenvalue weighted by atomic mass is 35.5. The largest absolute Gasteiger partial charge is 0.335 e. The topological polar surface area (TPSA) is 48.6 Å². The molecule has 2 N–H and O–H groups in total.